The van der Waals surface area contributed by atoms with Crippen LogP contribution in [0.5, 0.6) is 0 Å². The fourth-order valence-corrected chi connectivity index (χ4v) is 3.10. The summed E-state index contributed by atoms with van der Waals surface area (Å²) in [5, 5.41) is 9.55. The maximum absolute atomic E-state index is 13.2. The van der Waals surface area contributed by atoms with Gasteiger partial charge in [-0.15, -0.1) is 0 Å². The third kappa shape index (κ3) is 2.99. The fraction of sp³-hybridized carbons (Fsp3) is 0.222. The van der Waals surface area contributed by atoms with Crippen molar-refractivity contribution in [2.75, 3.05) is 4.90 Å². The van der Waals surface area contributed by atoms with Gasteiger partial charge in [-0.2, -0.15) is 0 Å². The van der Waals surface area contributed by atoms with E-state index in [2.05, 4.69) is 0 Å². The number of carbonyl (C=O) groups excluding carboxylic acids is 1. The number of benzene rings is 2. The molecule has 124 valence electrons. The first-order chi connectivity index (χ1) is 11.5. The molecule has 1 heterocycles. The number of hydrogen-bond acceptors (Lipinski definition) is 2. The van der Waals surface area contributed by atoms with Crippen molar-refractivity contribution in [3.63, 3.8) is 0 Å². The van der Waals surface area contributed by atoms with E-state index in [1.54, 1.807) is 0 Å². The molecule has 1 aliphatic heterocycles. The maximum atomic E-state index is 13.2. The first kappa shape index (κ1) is 16.1. The molecule has 1 N–H and O–H groups in total. The van der Waals surface area contributed by atoms with E-state index in [-0.39, 0.29) is 18.7 Å². The lowest BCUT2D eigenvalue weighted by molar-refractivity contribution is -0.144. The normalized spacial score (nSPS) is 20.9. The van der Waals surface area contributed by atoms with Gasteiger partial charge in [-0.25, -0.2) is 8.78 Å². The first-order valence-corrected chi connectivity index (χ1v) is 7.53. The Bertz CT molecular complexity index is 759. The molecule has 0 aliphatic carbocycles. The molecule has 2 aromatic rings. The van der Waals surface area contributed by atoms with Crippen LogP contribution in [-0.4, -0.2) is 17.0 Å². The lowest BCUT2D eigenvalue weighted by Gasteiger charge is -2.39. The Labute approximate surface area is 137 Å². The summed E-state index contributed by atoms with van der Waals surface area (Å²) in [7, 11) is 0. The molecule has 0 spiro atoms. The number of aliphatic carboxylic acids is 1. The Morgan fingerprint density at radius 1 is 1.00 bits per heavy atom. The van der Waals surface area contributed by atoms with Crippen LogP contribution in [0, 0.1) is 17.6 Å². The summed E-state index contributed by atoms with van der Waals surface area (Å²) in [6.45, 7) is 0. The van der Waals surface area contributed by atoms with Crippen LogP contribution in [0.25, 0.3) is 0 Å². The number of hydrogen-bond donors (Lipinski definition) is 1. The van der Waals surface area contributed by atoms with Gasteiger partial charge in [0.1, 0.15) is 11.6 Å². The third-order valence-corrected chi connectivity index (χ3v) is 4.23. The number of anilines is 1. The molecule has 1 amide bonds. The standard InChI is InChI=1S/C18H15F2NO3/c19-12-3-1-11(2-4-12)17-15(18(23)24)9-10-16(22)21(17)14-7-5-13(20)6-8-14/h1-8,15,17H,9-10H2,(H,23,24). The van der Waals surface area contributed by atoms with Crippen LogP contribution in [0.15, 0.2) is 48.5 Å². The monoisotopic (exact) mass is 331 g/mol. The molecule has 0 saturated carbocycles. The SMILES string of the molecule is O=C(O)C1CCC(=O)N(c2ccc(F)cc2)C1c1ccc(F)cc1. The number of amides is 1. The smallest absolute Gasteiger partial charge is 0.308 e. The number of rotatable bonds is 3. The predicted octanol–water partition coefficient (Wildman–Crippen LogP) is 3.53. The fourth-order valence-electron chi connectivity index (χ4n) is 3.10. The predicted molar refractivity (Wildman–Crippen MR) is 83.4 cm³/mol. The summed E-state index contributed by atoms with van der Waals surface area (Å²) in [6.07, 6.45) is 0.292. The van der Waals surface area contributed by atoms with Gasteiger partial charge in [0, 0.05) is 12.1 Å². The zero-order valence-corrected chi connectivity index (χ0v) is 12.7. The van der Waals surface area contributed by atoms with Crippen LogP contribution in [0.2, 0.25) is 0 Å². The quantitative estimate of drug-likeness (QED) is 0.936. The van der Waals surface area contributed by atoms with Crippen molar-refractivity contribution >= 4 is 17.6 Å². The van der Waals surface area contributed by atoms with Crippen molar-refractivity contribution in [3.8, 4) is 0 Å². The van der Waals surface area contributed by atoms with E-state index in [4.69, 9.17) is 0 Å². The number of halogens is 2. The van der Waals surface area contributed by atoms with Gasteiger partial charge in [-0.3, -0.25) is 9.59 Å². The van der Waals surface area contributed by atoms with Gasteiger partial charge < -0.3 is 10.0 Å². The molecule has 1 saturated heterocycles. The van der Waals surface area contributed by atoms with E-state index >= 15 is 0 Å². The van der Waals surface area contributed by atoms with E-state index in [1.807, 2.05) is 0 Å². The molecule has 1 fully saturated rings. The molecule has 0 radical (unpaired) electrons. The lowest BCUT2D eigenvalue weighted by Crippen LogP contribution is -2.45. The van der Waals surface area contributed by atoms with E-state index in [9.17, 15) is 23.5 Å². The molecular weight excluding hydrogens is 316 g/mol. The van der Waals surface area contributed by atoms with Gasteiger partial charge in [0.15, 0.2) is 0 Å². The van der Waals surface area contributed by atoms with E-state index in [1.165, 1.54) is 53.4 Å². The van der Waals surface area contributed by atoms with Crippen molar-refractivity contribution < 1.29 is 23.5 Å². The highest BCUT2D eigenvalue weighted by Gasteiger charge is 2.41. The minimum Gasteiger partial charge on any atom is -0.481 e. The second-order valence-electron chi connectivity index (χ2n) is 5.72. The molecule has 2 atom stereocenters. The Balaban J connectivity index is 2.09. The van der Waals surface area contributed by atoms with Crippen LogP contribution in [0.3, 0.4) is 0 Å². The molecule has 6 heteroatoms. The second kappa shape index (κ2) is 6.39. The van der Waals surface area contributed by atoms with Crippen LogP contribution in [-0.2, 0) is 9.59 Å². The van der Waals surface area contributed by atoms with Crippen molar-refractivity contribution in [3.05, 3.63) is 65.7 Å². The molecule has 1 aliphatic rings. The summed E-state index contributed by atoms with van der Waals surface area (Å²) >= 11 is 0. The summed E-state index contributed by atoms with van der Waals surface area (Å²) in [6, 6.07) is 9.96. The Morgan fingerprint density at radius 2 is 1.54 bits per heavy atom. The summed E-state index contributed by atoms with van der Waals surface area (Å²) in [4.78, 5) is 25.5. The largest absolute Gasteiger partial charge is 0.481 e. The highest BCUT2D eigenvalue weighted by Crippen LogP contribution is 2.40. The Hall–Kier alpha value is -2.76. The van der Waals surface area contributed by atoms with Crippen molar-refractivity contribution in [2.24, 2.45) is 5.92 Å². The molecule has 0 aromatic heterocycles. The Morgan fingerprint density at radius 3 is 2.08 bits per heavy atom. The minimum absolute atomic E-state index is 0.0893. The minimum atomic E-state index is -1.02. The number of carboxylic acids is 1. The summed E-state index contributed by atoms with van der Waals surface area (Å²) in [5.41, 5.74) is 0.947. The van der Waals surface area contributed by atoms with Gasteiger partial charge in [-0.1, -0.05) is 12.1 Å². The summed E-state index contributed by atoms with van der Waals surface area (Å²) < 4.78 is 26.4. The maximum Gasteiger partial charge on any atom is 0.308 e. The van der Waals surface area contributed by atoms with Crippen LogP contribution in [0.4, 0.5) is 14.5 Å². The molecule has 2 unspecified atom stereocenters. The average molecular weight is 331 g/mol. The molecular formula is C18H15F2NO3. The van der Waals surface area contributed by atoms with Crippen LogP contribution < -0.4 is 4.90 Å². The number of carboxylic acid groups (broad SMARTS) is 1. The molecule has 3 rings (SSSR count). The van der Waals surface area contributed by atoms with Crippen molar-refractivity contribution in [2.45, 2.75) is 18.9 Å². The van der Waals surface area contributed by atoms with E-state index in [0.717, 1.165) is 0 Å². The topological polar surface area (TPSA) is 57.6 Å². The molecule has 4 nitrogen and oxygen atoms in total. The van der Waals surface area contributed by atoms with Crippen molar-refractivity contribution in [1.82, 2.24) is 0 Å². The molecule has 24 heavy (non-hydrogen) atoms. The van der Waals surface area contributed by atoms with Crippen LogP contribution in [0.1, 0.15) is 24.4 Å². The molecule has 0 bridgehead atoms. The second-order valence-corrected chi connectivity index (χ2v) is 5.72. The third-order valence-electron chi connectivity index (χ3n) is 4.23. The van der Waals surface area contributed by atoms with Gasteiger partial charge in [0.25, 0.3) is 0 Å². The summed E-state index contributed by atoms with van der Waals surface area (Å²) in [5.74, 6) is -2.98. The molecule has 2 aromatic carbocycles. The van der Waals surface area contributed by atoms with Gasteiger partial charge in [0.05, 0.1) is 12.0 Å². The van der Waals surface area contributed by atoms with E-state index < -0.39 is 29.6 Å². The zero-order chi connectivity index (χ0) is 17.3. The lowest BCUT2D eigenvalue weighted by atomic mass is 9.84. The number of nitrogens with zero attached hydrogens (tertiary/aromatic N) is 1. The van der Waals surface area contributed by atoms with Gasteiger partial charge in [0.2, 0.25) is 5.91 Å². The van der Waals surface area contributed by atoms with E-state index in [0.29, 0.717) is 11.3 Å². The first-order valence-electron chi connectivity index (χ1n) is 7.53. The number of carbonyl (C=O) groups is 2. The van der Waals surface area contributed by atoms with Crippen LogP contribution >= 0.6 is 0 Å². The number of piperidine rings is 1. The Kier molecular flexibility index (Phi) is 4.29. The highest BCUT2D eigenvalue weighted by molar-refractivity contribution is 5.96. The zero-order valence-electron chi connectivity index (χ0n) is 12.7. The van der Waals surface area contributed by atoms with Crippen molar-refractivity contribution in [1.29, 1.82) is 0 Å². The average Bonchev–Trinajstić information content (AvgIpc) is 2.56. The van der Waals surface area contributed by atoms with Gasteiger partial charge in [-0.05, 0) is 48.4 Å². The highest BCUT2D eigenvalue weighted by atomic mass is 19.1. The van der Waals surface area contributed by atoms with Gasteiger partial charge >= 0.3 is 5.97 Å².